The molecule has 1 heterocycles. The lowest BCUT2D eigenvalue weighted by atomic mass is 10.1. The van der Waals surface area contributed by atoms with Crippen molar-refractivity contribution in [3.05, 3.63) is 52.3 Å². The number of nitrogens with zero attached hydrogens (tertiary/aromatic N) is 1. The summed E-state index contributed by atoms with van der Waals surface area (Å²) in [6, 6.07) is 8.83. The third kappa shape index (κ3) is 2.85. The van der Waals surface area contributed by atoms with Crippen molar-refractivity contribution in [1.82, 2.24) is 4.98 Å². The average molecular weight is 292 g/mol. The summed E-state index contributed by atoms with van der Waals surface area (Å²) in [5.74, 6) is -0.306. The molecule has 0 bridgehead atoms. The van der Waals surface area contributed by atoms with E-state index in [9.17, 15) is 10.2 Å². The molecule has 2 rings (SSSR count). The van der Waals surface area contributed by atoms with E-state index < -0.39 is 0 Å². The zero-order valence-corrected chi connectivity index (χ0v) is 10.4. The summed E-state index contributed by atoms with van der Waals surface area (Å²) in [5.41, 5.74) is 1.61. The van der Waals surface area contributed by atoms with Crippen molar-refractivity contribution in [1.29, 1.82) is 0 Å². The molecule has 0 aliphatic heterocycles. The molecule has 0 unspecified atom stereocenters. The zero-order valence-electron chi connectivity index (χ0n) is 8.84. The van der Waals surface area contributed by atoms with Gasteiger partial charge in [0.05, 0.1) is 10.2 Å². The molecule has 17 heavy (non-hydrogen) atoms. The summed E-state index contributed by atoms with van der Waals surface area (Å²) in [4.78, 5) is 4.15. The Kier molecular flexibility index (Phi) is 3.44. The SMILES string of the molecule is Oc1cc(/C=C/c2ccccn2)cc(Br)c1O. The van der Waals surface area contributed by atoms with Crippen molar-refractivity contribution < 1.29 is 10.2 Å². The largest absolute Gasteiger partial charge is 0.504 e. The Labute approximate surface area is 107 Å². The molecule has 1 aromatic carbocycles. The molecule has 2 N–H and O–H groups in total. The van der Waals surface area contributed by atoms with Gasteiger partial charge in [-0.2, -0.15) is 0 Å². The Morgan fingerprint density at radius 2 is 1.94 bits per heavy atom. The van der Waals surface area contributed by atoms with E-state index in [0.29, 0.717) is 4.47 Å². The van der Waals surface area contributed by atoms with Crippen molar-refractivity contribution in [3.63, 3.8) is 0 Å². The van der Waals surface area contributed by atoms with Crippen LogP contribution in [-0.2, 0) is 0 Å². The second kappa shape index (κ2) is 5.01. The van der Waals surface area contributed by atoms with Gasteiger partial charge in [0.15, 0.2) is 11.5 Å². The van der Waals surface area contributed by atoms with Gasteiger partial charge in [-0.25, -0.2) is 0 Å². The summed E-state index contributed by atoms with van der Waals surface area (Å²) < 4.78 is 0.457. The van der Waals surface area contributed by atoms with Gasteiger partial charge in [0.2, 0.25) is 0 Å². The van der Waals surface area contributed by atoms with Crippen molar-refractivity contribution in [2.75, 3.05) is 0 Å². The number of phenols is 2. The summed E-state index contributed by atoms with van der Waals surface area (Å²) in [6.45, 7) is 0. The van der Waals surface area contributed by atoms with E-state index in [2.05, 4.69) is 20.9 Å². The van der Waals surface area contributed by atoms with Crippen LogP contribution in [0, 0.1) is 0 Å². The fraction of sp³-hybridized carbons (Fsp3) is 0. The number of hydrogen-bond donors (Lipinski definition) is 2. The van der Waals surface area contributed by atoms with Gasteiger partial charge >= 0.3 is 0 Å². The van der Waals surface area contributed by atoms with Gasteiger partial charge in [-0.1, -0.05) is 12.1 Å². The maximum atomic E-state index is 9.45. The summed E-state index contributed by atoms with van der Waals surface area (Å²) in [7, 11) is 0. The van der Waals surface area contributed by atoms with Gasteiger partial charge < -0.3 is 10.2 Å². The van der Waals surface area contributed by atoms with Gasteiger partial charge in [-0.15, -0.1) is 0 Å². The first kappa shape index (κ1) is 11.7. The van der Waals surface area contributed by atoms with Crippen molar-refractivity contribution in [2.24, 2.45) is 0 Å². The third-order valence-corrected chi connectivity index (χ3v) is 2.80. The topological polar surface area (TPSA) is 53.4 Å². The highest BCUT2D eigenvalue weighted by atomic mass is 79.9. The molecular weight excluding hydrogens is 282 g/mol. The molecule has 3 nitrogen and oxygen atoms in total. The van der Waals surface area contributed by atoms with E-state index in [0.717, 1.165) is 11.3 Å². The van der Waals surface area contributed by atoms with Gasteiger partial charge in [0.1, 0.15) is 0 Å². The second-order valence-corrected chi connectivity index (χ2v) is 4.31. The Balaban J connectivity index is 2.28. The monoisotopic (exact) mass is 291 g/mol. The Morgan fingerprint density at radius 1 is 1.12 bits per heavy atom. The maximum absolute atomic E-state index is 9.45. The van der Waals surface area contributed by atoms with E-state index >= 15 is 0 Å². The van der Waals surface area contributed by atoms with Crippen LogP contribution in [0.15, 0.2) is 41.0 Å². The molecule has 4 heteroatoms. The fourth-order valence-corrected chi connectivity index (χ4v) is 1.82. The number of phenolic OH excluding ortho intramolecular Hbond substituents is 2. The lowest BCUT2D eigenvalue weighted by Crippen LogP contribution is -1.78. The smallest absolute Gasteiger partial charge is 0.171 e. The van der Waals surface area contributed by atoms with Crippen LogP contribution in [0.2, 0.25) is 0 Å². The number of benzene rings is 1. The molecule has 0 saturated heterocycles. The van der Waals surface area contributed by atoms with Gasteiger partial charge in [0, 0.05) is 6.20 Å². The second-order valence-electron chi connectivity index (χ2n) is 3.46. The molecule has 2 aromatic rings. The van der Waals surface area contributed by atoms with Crippen LogP contribution in [0.4, 0.5) is 0 Å². The molecule has 0 radical (unpaired) electrons. The van der Waals surface area contributed by atoms with Crippen LogP contribution in [-0.4, -0.2) is 15.2 Å². The van der Waals surface area contributed by atoms with Crippen LogP contribution >= 0.6 is 15.9 Å². The van der Waals surface area contributed by atoms with Crippen LogP contribution in [0.3, 0.4) is 0 Å². The predicted molar refractivity (Wildman–Crippen MR) is 70.6 cm³/mol. The predicted octanol–water partition coefficient (Wildman–Crippen LogP) is 3.43. The van der Waals surface area contributed by atoms with E-state index in [4.69, 9.17) is 0 Å². The molecular formula is C13H10BrNO2. The highest BCUT2D eigenvalue weighted by molar-refractivity contribution is 9.10. The summed E-state index contributed by atoms with van der Waals surface area (Å²) >= 11 is 3.16. The minimum absolute atomic E-state index is 0.153. The first-order valence-electron chi connectivity index (χ1n) is 4.97. The molecule has 0 aliphatic rings. The number of rotatable bonds is 2. The standard InChI is InChI=1S/C13H10BrNO2/c14-11-7-9(8-12(16)13(11)17)4-5-10-3-1-2-6-15-10/h1-8,16-17H/b5-4+. The van der Waals surface area contributed by atoms with Crippen molar-refractivity contribution in [3.8, 4) is 11.5 Å². The van der Waals surface area contributed by atoms with Crippen LogP contribution in [0.5, 0.6) is 11.5 Å². The Hall–Kier alpha value is -1.81. The van der Waals surface area contributed by atoms with E-state index in [1.807, 2.05) is 30.4 Å². The quantitative estimate of drug-likeness (QED) is 0.834. The molecule has 0 amide bonds. The minimum atomic E-state index is -0.153. The molecule has 0 spiro atoms. The molecule has 0 atom stereocenters. The van der Waals surface area contributed by atoms with E-state index in [1.165, 1.54) is 6.07 Å². The van der Waals surface area contributed by atoms with Crippen molar-refractivity contribution in [2.45, 2.75) is 0 Å². The normalized spacial score (nSPS) is 10.9. The summed E-state index contributed by atoms with van der Waals surface area (Å²) in [6.07, 6.45) is 5.36. The first-order valence-corrected chi connectivity index (χ1v) is 5.77. The highest BCUT2D eigenvalue weighted by Gasteiger charge is 2.04. The zero-order chi connectivity index (χ0) is 12.3. The maximum Gasteiger partial charge on any atom is 0.171 e. The van der Waals surface area contributed by atoms with E-state index in [1.54, 1.807) is 12.3 Å². The van der Waals surface area contributed by atoms with E-state index in [-0.39, 0.29) is 11.5 Å². The van der Waals surface area contributed by atoms with Gasteiger partial charge in [0.25, 0.3) is 0 Å². The molecule has 0 saturated carbocycles. The highest BCUT2D eigenvalue weighted by Crippen LogP contribution is 2.34. The number of aromatic hydroxyl groups is 2. The Bertz CT molecular complexity index is 530. The molecule has 1 aromatic heterocycles. The van der Waals surface area contributed by atoms with Crippen LogP contribution in [0.25, 0.3) is 12.2 Å². The molecule has 86 valence electrons. The van der Waals surface area contributed by atoms with Crippen LogP contribution < -0.4 is 0 Å². The first-order chi connectivity index (χ1) is 8.16. The minimum Gasteiger partial charge on any atom is -0.504 e. The van der Waals surface area contributed by atoms with Crippen molar-refractivity contribution >= 4 is 28.1 Å². The number of hydrogen-bond acceptors (Lipinski definition) is 3. The lowest BCUT2D eigenvalue weighted by Gasteiger charge is -2.02. The van der Waals surface area contributed by atoms with Gasteiger partial charge in [-0.05, 0) is 51.8 Å². The number of aromatic nitrogens is 1. The summed E-state index contributed by atoms with van der Waals surface area (Å²) in [5, 5.41) is 18.8. The average Bonchev–Trinajstić information content (AvgIpc) is 2.34. The number of pyridine rings is 1. The fourth-order valence-electron chi connectivity index (χ4n) is 1.36. The van der Waals surface area contributed by atoms with Gasteiger partial charge in [-0.3, -0.25) is 4.98 Å². The molecule has 0 aliphatic carbocycles. The number of halogens is 1. The Morgan fingerprint density at radius 3 is 2.59 bits per heavy atom. The third-order valence-electron chi connectivity index (χ3n) is 2.20. The van der Waals surface area contributed by atoms with Crippen LogP contribution in [0.1, 0.15) is 11.3 Å². The lowest BCUT2D eigenvalue weighted by molar-refractivity contribution is 0.401. The molecule has 0 fully saturated rings.